The Kier molecular flexibility index (Phi) is 22.2. The lowest BCUT2D eigenvalue weighted by Gasteiger charge is -2.38. The number of esters is 1. The standard InChI is InChI=1S/C62H94N8O10/c1-17-26-42(12)48-57(75)67(14)49(38(5)6)53(71)63-45(33-37(3)4)56(74)69(16)51(40(9)10)60(78)80-52(41(11)18-2)58(76)68(15)50(39(7)8)54(72)64-46(34-43-27-21-19-22-28-43)55(73)66(13)47(35-44-29-23-20-24-30-44)59(77)70-32-25-31-62(70,36-70)61(79)65-48/h19-24,27-30,37-42,45-52H,17-18,25-26,31-36H2,1-16H3,(H2-,63,64,65,71,72,79)/p+1. The quantitative estimate of drug-likeness (QED) is 0.122. The molecule has 0 aromatic heterocycles. The van der Waals surface area contributed by atoms with Crippen LogP contribution in [0.5, 0.6) is 0 Å². The van der Waals surface area contributed by atoms with E-state index < -0.39 is 131 Å². The van der Waals surface area contributed by atoms with Crippen LogP contribution in [0, 0.1) is 35.5 Å². The lowest BCUT2D eigenvalue weighted by Crippen LogP contribution is -2.62. The predicted octanol–water partition coefficient (Wildman–Crippen LogP) is 5.55. The van der Waals surface area contributed by atoms with Gasteiger partial charge in [-0.15, -0.1) is 0 Å². The van der Waals surface area contributed by atoms with E-state index >= 15 is 24.0 Å². The lowest BCUT2D eigenvalue weighted by molar-refractivity contribution is -0.734. The number of carbonyl (C=O) groups is 9. The number of cyclic esters (lactones) is 1. The number of nitrogens with one attached hydrogen (secondary N) is 3. The Morgan fingerprint density at radius 2 is 1.07 bits per heavy atom. The summed E-state index contributed by atoms with van der Waals surface area (Å²) in [6.07, 6.45) is 1.46. The Morgan fingerprint density at radius 1 is 0.588 bits per heavy atom. The van der Waals surface area contributed by atoms with Crippen molar-refractivity contribution < 1.29 is 52.4 Å². The van der Waals surface area contributed by atoms with Crippen LogP contribution < -0.4 is 16.0 Å². The summed E-state index contributed by atoms with van der Waals surface area (Å²) in [5.74, 6) is -7.78. The van der Waals surface area contributed by atoms with Crippen LogP contribution in [0.2, 0.25) is 0 Å². The van der Waals surface area contributed by atoms with Crippen LogP contribution in [-0.4, -0.2) is 173 Å². The second kappa shape index (κ2) is 27.5. The van der Waals surface area contributed by atoms with Gasteiger partial charge in [0.15, 0.2) is 18.7 Å². The molecule has 2 aromatic carbocycles. The fraction of sp³-hybridized carbons (Fsp3) is 0.661. The molecule has 2 aromatic rings. The summed E-state index contributed by atoms with van der Waals surface area (Å²) in [6.45, 7) is 22.4. The molecule has 12 atom stereocenters. The molecule has 18 nitrogen and oxygen atoms in total. The maximum atomic E-state index is 15.7. The van der Waals surface area contributed by atoms with Crippen molar-refractivity contribution >= 4 is 53.2 Å². The maximum Gasteiger partial charge on any atom is 0.337 e. The third kappa shape index (κ3) is 14.1. The molecular weight excluding hydrogens is 1020 g/mol. The molecule has 3 fully saturated rings. The molecule has 5 rings (SSSR count). The van der Waals surface area contributed by atoms with Gasteiger partial charge in [-0.3, -0.25) is 33.6 Å². The molecule has 3 N–H and O–H groups in total. The molecule has 0 bridgehead atoms. The summed E-state index contributed by atoms with van der Waals surface area (Å²) < 4.78 is 5.97. The third-order valence-electron chi connectivity index (χ3n) is 17.3. The van der Waals surface area contributed by atoms with E-state index in [-0.39, 0.29) is 42.1 Å². The van der Waals surface area contributed by atoms with Crippen molar-refractivity contribution in [1.29, 1.82) is 0 Å². The van der Waals surface area contributed by atoms with Crippen molar-refractivity contribution in [3.05, 3.63) is 71.8 Å². The minimum Gasteiger partial charge on any atom is -0.450 e. The number of rotatable bonds is 14. The molecule has 3 aliphatic rings. The van der Waals surface area contributed by atoms with Crippen molar-refractivity contribution in [2.24, 2.45) is 35.5 Å². The minimum absolute atomic E-state index is 0.0311. The Bertz CT molecular complexity index is 2520. The van der Waals surface area contributed by atoms with Gasteiger partial charge in [0.25, 0.3) is 11.8 Å². The van der Waals surface area contributed by atoms with Gasteiger partial charge in [-0.25, -0.2) is 14.1 Å². The number of hydrogen-bond acceptors (Lipinski definition) is 10. The molecule has 12 unspecified atom stereocenters. The zero-order chi connectivity index (χ0) is 59.7. The van der Waals surface area contributed by atoms with Gasteiger partial charge in [0.05, 0.1) is 6.54 Å². The molecule has 0 saturated carbocycles. The maximum absolute atomic E-state index is 15.7. The highest BCUT2D eigenvalue weighted by Crippen LogP contribution is 2.53. The van der Waals surface area contributed by atoms with Crippen molar-refractivity contribution in [2.45, 2.75) is 188 Å². The highest BCUT2D eigenvalue weighted by atomic mass is 16.6. The van der Waals surface area contributed by atoms with Gasteiger partial charge in [-0.1, -0.05) is 150 Å². The van der Waals surface area contributed by atoms with Gasteiger partial charge >= 0.3 is 11.9 Å². The van der Waals surface area contributed by atoms with Gasteiger partial charge in [0.2, 0.25) is 35.1 Å². The van der Waals surface area contributed by atoms with Crippen LogP contribution in [0.4, 0.5) is 0 Å². The van der Waals surface area contributed by atoms with Crippen molar-refractivity contribution in [1.82, 2.24) is 35.6 Å². The number of hydrogen-bond donors (Lipinski definition) is 3. The SMILES string of the molecule is CCCC(C)C1NC(=O)C23CCC[N+]2(C3)C(=O)C(Cc2ccccc2)N(C)C(=O)C(Cc2ccccc2)NC(=O)C(C(C)C)N(C)C(=O)C(C(C)CC)OC(=O)C(C(C)C)N(C)C(=O)C(CC(C)C)NC(=O)C(C(C)C)N(C)C1=O. The Balaban J connectivity index is 1.71. The van der Waals surface area contributed by atoms with Crippen LogP contribution in [-0.2, 0) is 60.7 Å². The van der Waals surface area contributed by atoms with E-state index in [1.165, 1.54) is 40.7 Å². The van der Waals surface area contributed by atoms with Gasteiger partial charge in [-0.2, -0.15) is 0 Å². The van der Waals surface area contributed by atoms with Gasteiger partial charge in [0, 0.05) is 59.8 Å². The average Bonchev–Trinajstić information content (AvgIpc) is 3.95. The van der Waals surface area contributed by atoms with E-state index in [0.29, 0.717) is 38.6 Å². The average molecular weight is 1110 g/mol. The molecule has 8 amide bonds. The molecule has 80 heavy (non-hydrogen) atoms. The number of benzene rings is 2. The molecule has 3 heterocycles. The lowest BCUT2D eigenvalue weighted by atomic mass is 9.92. The van der Waals surface area contributed by atoms with E-state index in [1.807, 2.05) is 95.3 Å². The number of likely N-dealkylation sites (N-methyl/N-ethyl adjacent to an activating group) is 4. The molecular formula is C62H95N8O10+. The molecule has 0 radical (unpaired) electrons. The van der Waals surface area contributed by atoms with E-state index in [1.54, 1.807) is 55.5 Å². The topological polar surface area (TPSA) is 212 Å². The molecule has 3 aliphatic heterocycles. The fourth-order valence-corrected chi connectivity index (χ4v) is 12.6. The van der Waals surface area contributed by atoms with Gasteiger partial charge in [0.1, 0.15) is 36.3 Å². The fourth-order valence-electron chi connectivity index (χ4n) is 12.6. The molecule has 3 saturated heterocycles. The first-order valence-electron chi connectivity index (χ1n) is 29.3. The molecule has 0 aliphatic carbocycles. The first-order chi connectivity index (χ1) is 37.6. The molecule has 0 spiro atoms. The summed E-state index contributed by atoms with van der Waals surface area (Å²) in [5.41, 5.74) is 0.260. The Morgan fingerprint density at radius 3 is 1.57 bits per heavy atom. The Hall–Kier alpha value is -6.17. The summed E-state index contributed by atoms with van der Waals surface area (Å²) in [4.78, 5) is 141. The second-order valence-corrected chi connectivity index (χ2v) is 24.8. The van der Waals surface area contributed by atoms with Crippen molar-refractivity contribution in [2.75, 3.05) is 41.3 Å². The highest BCUT2D eigenvalue weighted by molar-refractivity contribution is 6.00. The smallest absolute Gasteiger partial charge is 0.337 e. The van der Waals surface area contributed by atoms with E-state index in [2.05, 4.69) is 16.0 Å². The Labute approximate surface area is 476 Å². The van der Waals surface area contributed by atoms with Crippen molar-refractivity contribution in [3.8, 4) is 0 Å². The largest absolute Gasteiger partial charge is 0.450 e. The van der Waals surface area contributed by atoms with Gasteiger partial charge in [-0.05, 0) is 60.0 Å². The predicted molar refractivity (Wildman–Crippen MR) is 307 cm³/mol. The monoisotopic (exact) mass is 1110 g/mol. The minimum atomic E-state index is -1.39. The van der Waals surface area contributed by atoms with Crippen LogP contribution >= 0.6 is 0 Å². The van der Waals surface area contributed by atoms with Crippen LogP contribution in [0.25, 0.3) is 0 Å². The molecule has 442 valence electrons. The third-order valence-corrected chi connectivity index (χ3v) is 17.3. The first-order valence-corrected chi connectivity index (χ1v) is 29.3. The first kappa shape index (κ1) is 64.6. The van der Waals surface area contributed by atoms with E-state index in [0.717, 1.165) is 11.1 Å². The number of carbonyl (C=O) groups excluding carboxylic acids is 9. The van der Waals surface area contributed by atoms with Crippen LogP contribution in [0.1, 0.15) is 133 Å². The second-order valence-electron chi connectivity index (χ2n) is 24.8. The van der Waals surface area contributed by atoms with Crippen molar-refractivity contribution in [3.63, 3.8) is 0 Å². The van der Waals surface area contributed by atoms with E-state index in [4.69, 9.17) is 4.74 Å². The van der Waals surface area contributed by atoms with E-state index in [9.17, 15) is 19.2 Å². The number of nitrogens with zero attached hydrogens (tertiary/aromatic N) is 5. The van der Waals surface area contributed by atoms with Gasteiger partial charge < -0.3 is 40.3 Å². The zero-order valence-electron chi connectivity index (χ0n) is 50.7. The summed E-state index contributed by atoms with van der Waals surface area (Å²) in [7, 11) is 6.01. The zero-order valence-corrected chi connectivity index (χ0v) is 50.7. The number of ether oxygens (including phenoxy) is 1. The van der Waals surface area contributed by atoms with Crippen LogP contribution in [0.3, 0.4) is 0 Å². The number of piperidine rings is 1. The number of quaternary nitrogens is 1. The number of amides is 8. The normalized spacial score (nSPS) is 29.3. The van der Waals surface area contributed by atoms with Crippen LogP contribution in [0.15, 0.2) is 60.7 Å². The summed E-state index contributed by atoms with van der Waals surface area (Å²) in [6, 6.07) is 10.4. The highest BCUT2D eigenvalue weighted by Gasteiger charge is 2.81. The molecule has 18 heteroatoms. The summed E-state index contributed by atoms with van der Waals surface area (Å²) in [5, 5.41) is 9.09. The summed E-state index contributed by atoms with van der Waals surface area (Å²) >= 11 is 0.